The fraction of sp³-hybridized carbons (Fsp3) is 0.613. The molecule has 212 valence electrons. The van der Waals surface area contributed by atoms with Crippen LogP contribution in [-0.4, -0.2) is 78.9 Å². The standard InChI is InChI=1S/C31H43N3O4S/c1-21-19-27(39-28(21)29(35)34-16-11-25(20-34)32-30(36)38-31(2,3)4)24-7-5-22(6-8-24)23-9-14-33(15-10-23)26-12-17-37-18-13-26/h5-8,19,23,25-26H,9-18,20H2,1-4H3,(H,32,36)/t25-/m0/s1. The highest BCUT2D eigenvalue weighted by atomic mass is 32.1. The third-order valence-corrected chi connectivity index (χ3v) is 9.49. The SMILES string of the molecule is Cc1cc(-c2ccc(C3CCN(C4CCOCC4)CC3)cc2)sc1C(=O)N1CC[C@H](NC(=O)OC(C)(C)C)C1. The molecule has 8 heteroatoms. The van der Waals surface area contributed by atoms with Crippen molar-refractivity contribution in [3.8, 4) is 10.4 Å². The number of thiophene rings is 1. The van der Waals surface area contributed by atoms with Gasteiger partial charge in [0.25, 0.3) is 5.91 Å². The number of ether oxygens (including phenoxy) is 2. The van der Waals surface area contributed by atoms with Crippen LogP contribution in [0.25, 0.3) is 10.4 Å². The normalized spacial score (nSPS) is 21.7. The molecule has 0 spiro atoms. The number of carbonyl (C=O) groups is 2. The van der Waals surface area contributed by atoms with Crippen LogP contribution in [0.1, 0.15) is 79.6 Å². The number of carbonyl (C=O) groups excluding carboxylic acids is 2. The zero-order valence-electron chi connectivity index (χ0n) is 23.8. The Bertz CT molecular complexity index is 1140. The molecule has 1 N–H and O–H groups in total. The largest absolute Gasteiger partial charge is 0.444 e. The number of nitrogens with zero attached hydrogens (tertiary/aromatic N) is 2. The summed E-state index contributed by atoms with van der Waals surface area (Å²) in [7, 11) is 0. The molecule has 0 aliphatic carbocycles. The van der Waals surface area contributed by atoms with Crippen molar-refractivity contribution in [3.63, 3.8) is 0 Å². The molecule has 0 radical (unpaired) electrons. The molecule has 0 unspecified atom stereocenters. The maximum atomic E-state index is 13.4. The molecule has 3 saturated heterocycles. The molecule has 2 aromatic rings. The van der Waals surface area contributed by atoms with E-state index in [1.807, 2.05) is 32.6 Å². The van der Waals surface area contributed by atoms with Crippen LogP contribution >= 0.6 is 11.3 Å². The molecule has 3 aliphatic rings. The first-order valence-electron chi connectivity index (χ1n) is 14.5. The second kappa shape index (κ2) is 12.0. The van der Waals surface area contributed by atoms with Crippen LogP contribution in [0.4, 0.5) is 4.79 Å². The summed E-state index contributed by atoms with van der Waals surface area (Å²) >= 11 is 1.57. The van der Waals surface area contributed by atoms with E-state index in [-0.39, 0.29) is 11.9 Å². The van der Waals surface area contributed by atoms with Gasteiger partial charge in [0.15, 0.2) is 0 Å². The molecule has 1 atom stereocenters. The van der Waals surface area contributed by atoms with E-state index in [0.717, 1.165) is 40.5 Å². The lowest BCUT2D eigenvalue weighted by molar-refractivity contribution is 0.0252. The Labute approximate surface area is 236 Å². The molecule has 0 saturated carbocycles. The lowest BCUT2D eigenvalue weighted by Gasteiger charge is -2.39. The maximum absolute atomic E-state index is 13.4. The van der Waals surface area contributed by atoms with Crippen molar-refractivity contribution in [1.29, 1.82) is 0 Å². The number of hydrogen-bond acceptors (Lipinski definition) is 6. The average Bonchev–Trinajstić information content (AvgIpc) is 3.54. The quantitative estimate of drug-likeness (QED) is 0.505. The van der Waals surface area contributed by atoms with Crippen LogP contribution in [-0.2, 0) is 9.47 Å². The van der Waals surface area contributed by atoms with E-state index in [1.165, 1.54) is 44.3 Å². The predicted molar refractivity (Wildman–Crippen MR) is 156 cm³/mol. The van der Waals surface area contributed by atoms with Crippen molar-refractivity contribution in [3.05, 3.63) is 46.3 Å². The van der Waals surface area contributed by atoms with E-state index < -0.39 is 11.7 Å². The fourth-order valence-electron chi connectivity index (χ4n) is 6.08. The number of benzene rings is 1. The Morgan fingerprint density at radius 2 is 1.69 bits per heavy atom. The van der Waals surface area contributed by atoms with E-state index in [4.69, 9.17) is 9.47 Å². The zero-order chi connectivity index (χ0) is 27.6. The van der Waals surface area contributed by atoms with Gasteiger partial charge >= 0.3 is 6.09 Å². The summed E-state index contributed by atoms with van der Waals surface area (Å²) in [6.07, 6.45) is 5.08. The van der Waals surface area contributed by atoms with Gasteiger partial charge in [-0.1, -0.05) is 24.3 Å². The van der Waals surface area contributed by atoms with Gasteiger partial charge in [-0.15, -0.1) is 11.3 Å². The molecule has 0 bridgehead atoms. The second-order valence-corrected chi connectivity index (χ2v) is 13.3. The summed E-state index contributed by atoms with van der Waals surface area (Å²) < 4.78 is 10.9. The maximum Gasteiger partial charge on any atom is 0.407 e. The molecular weight excluding hydrogens is 510 g/mol. The summed E-state index contributed by atoms with van der Waals surface area (Å²) in [5.74, 6) is 0.667. The van der Waals surface area contributed by atoms with Crippen molar-refractivity contribution in [2.45, 2.75) is 83.4 Å². The Morgan fingerprint density at radius 1 is 1.00 bits per heavy atom. The first-order chi connectivity index (χ1) is 18.7. The monoisotopic (exact) mass is 553 g/mol. The molecule has 3 aliphatic heterocycles. The van der Waals surface area contributed by atoms with E-state index >= 15 is 0 Å². The highest BCUT2D eigenvalue weighted by molar-refractivity contribution is 7.17. The Morgan fingerprint density at radius 3 is 2.36 bits per heavy atom. The smallest absolute Gasteiger partial charge is 0.407 e. The Kier molecular flexibility index (Phi) is 8.64. The number of amides is 2. The number of hydrogen-bond donors (Lipinski definition) is 1. The first kappa shape index (κ1) is 28.1. The number of aryl methyl sites for hydroxylation is 1. The van der Waals surface area contributed by atoms with Crippen LogP contribution in [0.2, 0.25) is 0 Å². The van der Waals surface area contributed by atoms with E-state index in [9.17, 15) is 9.59 Å². The van der Waals surface area contributed by atoms with E-state index in [2.05, 4.69) is 40.5 Å². The topological polar surface area (TPSA) is 71.1 Å². The number of piperidine rings is 1. The van der Waals surface area contributed by atoms with Gasteiger partial charge in [-0.2, -0.15) is 0 Å². The number of likely N-dealkylation sites (tertiary alicyclic amines) is 2. The number of nitrogens with one attached hydrogen (secondary N) is 1. The second-order valence-electron chi connectivity index (χ2n) is 12.3. The number of alkyl carbamates (subject to hydrolysis) is 1. The third-order valence-electron chi connectivity index (χ3n) is 8.21. The van der Waals surface area contributed by atoms with Crippen molar-refractivity contribution in [2.24, 2.45) is 0 Å². The Balaban J connectivity index is 1.16. The van der Waals surface area contributed by atoms with Crippen LogP contribution in [0.15, 0.2) is 30.3 Å². The molecular formula is C31H43N3O4S. The summed E-state index contributed by atoms with van der Waals surface area (Å²) in [4.78, 5) is 31.9. The van der Waals surface area contributed by atoms with Gasteiger partial charge in [0, 0.05) is 37.2 Å². The average molecular weight is 554 g/mol. The van der Waals surface area contributed by atoms with Crippen LogP contribution in [0, 0.1) is 6.92 Å². The molecule has 4 heterocycles. The fourth-order valence-corrected chi connectivity index (χ4v) is 7.23. The van der Waals surface area contributed by atoms with Crippen molar-refractivity contribution < 1.29 is 19.1 Å². The van der Waals surface area contributed by atoms with Gasteiger partial charge in [-0.3, -0.25) is 4.79 Å². The van der Waals surface area contributed by atoms with E-state index in [1.54, 1.807) is 11.3 Å². The summed E-state index contributed by atoms with van der Waals surface area (Å²) in [5, 5.41) is 2.91. The van der Waals surface area contributed by atoms with Crippen LogP contribution in [0.5, 0.6) is 0 Å². The lowest BCUT2D eigenvalue weighted by atomic mass is 9.88. The van der Waals surface area contributed by atoms with Crippen molar-refractivity contribution in [1.82, 2.24) is 15.1 Å². The minimum Gasteiger partial charge on any atom is -0.444 e. The lowest BCUT2D eigenvalue weighted by Crippen LogP contribution is -2.43. The van der Waals surface area contributed by atoms with Crippen molar-refractivity contribution in [2.75, 3.05) is 39.4 Å². The molecule has 39 heavy (non-hydrogen) atoms. The van der Waals surface area contributed by atoms with Gasteiger partial charge in [0.05, 0.1) is 10.9 Å². The summed E-state index contributed by atoms with van der Waals surface area (Å²) in [6, 6.07) is 11.8. The van der Waals surface area contributed by atoms with Gasteiger partial charge < -0.3 is 24.6 Å². The number of rotatable bonds is 5. The predicted octanol–water partition coefficient (Wildman–Crippen LogP) is 5.82. The summed E-state index contributed by atoms with van der Waals surface area (Å²) in [6.45, 7) is 12.9. The highest BCUT2D eigenvalue weighted by Crippen LogP contribution is 2.35. The van der Waals surface area contributed by atoms with Crippen LogP contribution < -0.4 is 5.32 Å². The van der Waals surface area contributed by atoms with Gasteiger partial charge in [-0.25, -0.2) is 4.79 Å². The first-order valence-corrected chi connectivity index (χ1v) is 15.3. The van der Waals surface area contributed by atoms with E-state index in [0.29, 0.717) is 25.0 Å². The summed E-state index contributed by atoms with van der Waals surface area (Å²) in [5.41, 5.74) is 3.06. The van der Waals surface area contributed by atoms with Gasteiger partial charge in [-0.05, 0) is 102 Å². The zero-order valence-corrected chi connectivity index (χ0v) is 24.6. The minimum atomic E-state index is -0.538. The molecule has 1 aromatic heterocycles. The molecule has 1 aromatic carbocycles. The van der Waals surface area contributed by atoms with Gasteiger partial charge in [0.2, 0.25) is 0 Å². The minimum absolute atomic E-state index is 0.0464. The van der Waals surface area contributed by atoms with Gasteiger partial charge in [0.1, 0.15) is 5.60 Å². The molecule has 5 rings (SSSR count). The molecule has 3 fully saturated rings. The molecule has 7 nitrogen and oxygen atoms in total. The van der Waals surface area contributed by atoms with Crippen molar-refractivity contribution >= 4 is 23.3 Å². The Hall–Kier alpha value is -2.42. The third kappa shape index (κ3) is 7.02. The van der Waals surface area contributed by atoms with Crippen LogP contribution in [0.3, 0.4) is 0 Å². The molecule has 2 amide bonds. The highest BCUT2D eigenvalue weighted by Gasteiger charge is 2.31.